The third-order valence-electron chi connectivity index (χ3n) is 6.33. The summed E-state index contributed by atoms with van der Waals surface area (Å²) in [5.41, 5.74) is 17.2. The number of carbonyl (C=O) groups excluding carboxylic acids is 3. The van der Waals surface area contributed by atoms with Crippen LogP contribution >= 0.6 is 11.8 Å². The molecule has 5 atom stereocenters. The molecule has 0 bridgehead atoms. The number of amides is 3. The van der Waals surface area contributed by atoms with Crippen LogP contribution in [0.5, 0.6) is 5.75 Å². The number of phenols is 1. The number of hydrogen-bond donors (Lipinski definition) is 8. The van der Waals surface area contributed by atoms with Gasteiger partial charge < -0.3 is 43.4 Å². The van der Waals surface area contributed by atoms with Crippen molar-refractivity contribution in [2.45, 2.75) is 70.1 Å². The largest absolute Gasteiger partial charge is 0.508 e. The van der Waals surface area contributed by atoms with Crippen molar-refractivity contribution in [3.63, 3.8) is 0 Å². The summed E-state index contributed by atoms with van der Waals surface area (Å²) in [6.45, 7) is 3.79. The van der Waals surface area contributed by atoms with E-state index in [1.165, 1.54) is 12.1 Å². The number of nitrogens with zero attached hydrogens (tertiary/aromatic N) is 1. The van der Waals surface area contributed by atoms with Crippen molar-refractivity contribution in [2.75, 3.05) is 18.6 Å². The summed E-state index contributed by atoms with van der Waals surface area (Å²) in [7, 11) is 0. The molecule has 0 radical (unpaired) electrons. The molecule has 0 fully saturated rings. The number of rotatable bonds is 18. The van der Waals surface area contributed by atoms with Crippen molar-refractivity contribution in [3.8, 4) is 5.75 Å². The van der Waals surface area contributed by atoms with Gasteiger partial charge in [0.05, 0.1) is 6.04 Å². The average molecular weight is 582 g/mol. The molecule has 5 unspecified atom stereocenters. The van der Waals surface area contributed by atoms with E-state index in [2.05, 4.69) is 20.9 Å². The number of thioether (sulfide) groups is 1. The Bertz CT molecular complexity index is 1000. The first-order chi connectivity index (χ1) is 18.9. The smallest absolute Gasteiger partial charge is 0.326 e. The second kappa shape index (κ2) is 17.9. The molecule has 0 spiro atoms. The van der Waals surface area contributed by atoms with Gasteiger partial charge in [0, 0.05) is 13.0 Å². The molecule has 224 valence electrons. The molecule has 1 aromatic rings. The number of carbonyl (C=O) groups is 4. The first-order valence-corrected chi connectivity index (χ1v) is 14.5. The van der Waals surface area contributed by atoms with Gasteiger partial charge in [-0.3, -0.25) is 19.4 Å². The van der Waals surface area contributed by atoms with Gasteiger partial charge in [0.1, 0.15) is 23.9 Å². The van der Waals surface area contributed by atoms with E-state index < -0.39 is 47.9 Å². The number of guanidine groups is 1. The summed E-state index contributed by atoms with van der Waals surface area (Å²) < 4.78 is 0. The van der Waals surface area contributed by atoms with Crippen molar-refractivity contribution in [2.24, 2.45) is 28.1 Å². The van der Waals surface area contributed by atoms with Crippen LogP contribution < -0.4 is 33.2 Å². The van der Waals surface area contributed by atoms with Crippen molar-refractivity contribution in [1.82, 2.24) is 16.0 Å². The Morgan fingerprint density at radius 1 is 0.975 bits per heavy atom. The van der Waals surface area contributed by atoms with Crippen LogP contribution in [0.1, 0.15) is 45.1 Å². The maximum Gasteiger partial charge on any atom is 0.326 e. The third-order valence-corrected chi connectivity index (χ3v) is 6.98. The van der Waals surface area contributed by atoms with Crippen molar-refractivity contribution >= 4 is 41.4 Å². The molecule has 0 aliphatic rings. The molecular formula is C26H43N7O6S. The maximum absolute atomic E-state index is 13.5. The Hall–Kier alpha value is -3.52. The predicted molar refractivity (Wildman–Crippen MR) is 156 cm³/mol. The summed E-state index contributed by atoms with van der Waals surface area (Å²) in [5.74, 6) is -2.79. The normalized spacial score (nSPS) is 14.6. The summed E-state index contributed by atoms with van der Waals surface area (Å²) in [4.78, 5) is 55.0. The van der Waals surface area contributed by atoms with Crippen LogP contribution in [0.25, 0.3) is 0 Å². The Kier molecular flexibility index (Phi) is 15.5. The number of carboxylic acids is 1. The van der Waals surface area contributed by atoms with Crippen LogP contribution in [0.2, 0.25) is 0 Å². The Morgan fingerprint density at radius 3 is 2.15 bits per heavy atom. The number of benzene rings is 1. The lowest BCUT2D eigenvalue weighted by Crippen LogP contribution is -2.59. The van der Waals surface area contributed by atoms with Crippen LogP contribution in [0, 0.1) is 5.92 Å². The third kappa shape index (κ3) is 12.6. The first kappa shape index (κ1) is 34.5. The summed E-state index contributed by atoms with van der Waals surface area (Å²) in [6, 6.07) is 1.98. The minimum absolute atomic E-state index is 0.0488. The van der Waals surface area contributed by atoms with Crippen molar-refractivity contribution < 1.29 is 29.4 Å². The van der Waals surface area contributed by atoms with E-state index in [0.717, 1.165) is 0 Å². The molecule has 0 aliphatic carbocycles. The summed E-state index contributed by atoms with van der Waals surface area (Å²) in [5, 5.41) is 27.1. The lowest BCUT2D eigenvalue weighted by Gasteiger charge is -2.28. The van der Waals surface area contributed by atoms with E-state index in [9.17, 15) is 29.4 Å². The highest BCUT2D eigenvalue weighted by atomic mass is 32.2. The molecule has 0 aromatic heterocycles. The van der Waals surface area contributed by atoms with Gasteiger partial charge in [-0.05, 0) is 54.9 Å². The summed E-state index contributed by atoms with van der Waals surface area (Å²) in [6.07, 6.45) is 3.28. The maximum atomic E-state index is 13.5. The molecule has 0 saturated heterocycles. The van der Waals surface area contributed by atoms with E-state index >= 15 is 0 Å². The zero-order chi connectivity index (χ0) is 30.2. The number of nitrogens with one attached hydrogen (secondary N) is 3. The quantitative estimate of drug-likeness (QED) is 0.0637. The van der Waals surface area contributed by atoms with Gasteiger partial charge in [-0.15, -0.1) is 0 Å². The zero-order valence-corrected chi connectivity index (χ0v) is 24.1. The molecule has 1 aromatic carbocycles. The van der Waals surface area contributed by atoms with E-state index in [4.69, 9.17) is 17.2 Å². The fourth-order valence-corrected chi connectivity index (χ4v) is 4.20. The van der Waals surface area contributed by atoms with E-state index in [1.54, 1.807) is 30.8 Å². The Labute approximate surface area is 239 Å². The standard InChI is InChI=1S/C26H43N7O6S/c1-4-15(2)21(24(37)31-19(25(38)39)6-5-12-30-26(28)29)33-23(36)20(14-16-7-9-17(34)10-8-16)32-22(35)18(27)11-13-40-3/h7-10,15,18-21,34H,4-6,11-14,27H2,1-3H3,(H,31,37)(H,32,35)(H,33,36)(H,38,39)(H4,28,29,30). The van der Waals surface area contributed by atoms with Crippen LogP contribution in [-0.2, 0) is 25.6 Å². The highest BCUT2D eigenvalue weighted by Crippen LogP contribution is 2.14. The number of phenolic OH excluding ortho intramolecular Hbond substituents is 1. The van der Waals surface area contributed by atoms with Crippen LogP contribution in [0.4, 0.5) is 0 Å². The lowest BCUT2D eigenvalue weighted by atomic mass is 9.96. The van der Waals surface area contributed by atoms with Gasteiger partial charge in [-0.1, -0.05) is 32.4 Å². The fourth-order valence-electron chi connectivity index (χ4n) is 3.71. The van der Waals surface area contributed by atoms with Gasteiger partial charge in [0.25, 0.3) is 0 Å². The molecule has 40 heavy (non-hydrogen) atoms. The van der Waals surface area contributed by atoms with Gasteiger partial charge in [-0.2, -0.15) is 11.8 Å². The van der Waals surface area contributed by atoms with E-state index in [-0.39, 0.29) is 37.0 Å². The highest BCUT2D eigenvalue weighted by molar-refractivity contribution is 7.98. The van der Waals surface area contributed by atoms with Crippen molar-refractivity contribution in [3.05, 3.63) is 29.8 Å². The number of hydrogen-bond acceptors (Lipinski definition) is 8. The van der Waals surface area contributed by atoms with Gasteiger partial charge in [0.2, 0.25) is 17.7 Å². The molecule has 0 aliphatic heterocycles. The number of carboxylic acid groups (broad SMARTS) is 1. The minimum Gasteiger partial charge on any atom is -0.508 e. The molecule has 3 amide bonds. The van der Waals surface area contributed by atoms with Gasteiger partial charge >= 0.3 is 5.97 Å². The molecule has 11 N–H and O–H groups in total. The van der Waals surface area contributed by atoms with E-state index in [0.29, 0.717) is 30.6 Å². The van der Waals surface area contributed by atoms with Crippen LogP contribution in [0.15, 0.2) is 29.3 Å². The second-order valence-corrected chi connectivity index (χ2v) is 10.5. The molecule has 0 heterocycles. The number of aliphatic imine (C=N–C) groups is 1. The number of aromatic hydroxyl groups is 1. The Morgan fingerprint density at radius 2 is 1.60 bits per heavy atom. The predicted octanol–water partition coefficient (Wildman–Crippen LogP) is -0.346. The molecule has 1 rings (SSSR count). The van der Waals surface area contributed by atoms with Crippen molar-refractivity contribution in [1.29, 1.82) is 0 Å². The van der Waals surface area contributed by atoms with E-state index in [1.807, 2.05) is 13.2 Å². The second-order valence-electron chi connectivity index (χ2n) is 9.54. The van der Waals surface area contributed by atoms with Crippen LogP contribution in [-0.4, -0.2) is 82.6 Å². The number of aliphatic carboxylic acids is 1. The molecule has 13 nitrogen and oxygen atoms in total. The molecular weight excluding hydrogens is 538 g/mol. The SMILES string of the molecule is CCC(C)C(NC(=O)C(Cc1ccc(O)cc1)NC(=O)C(N)CCSC)C(=O)NC(CCCN=C(N)N)C(=O)O. The zero-order valence-electron chi connectivity index (χ0n) is 23.3. The van der Waals surface area contributed by atoms with Gasteiger partial charge in [-0.25, -0.2) is 4.79 Å². The lowest BCUT2D eigenvalue weighted by molar-refractivity contribution is -0.142. The summed E-state index contributed by atoms with van der Waals surface area (Å²) >= 11 is 1.54. The van der Waals surface area contributed by atoms with Gasteiger partial charge in [0.15, 0.2) is 5.96 Å². The number of nitrogens with two attached hydrogens (primary N) is 3. The fraction of sp³-hybridized carbons (Fsp3) is 0.577. The average Bonchev–Trinajstić information content (AvgIpc) is 2.91. The Balaban J connectivity index is 3.10. The minimum atomic E-state index is -1.23. The van der Waals surface area contributed by atoms with Crippen LogP contribution in [0.3, 0.4) is 0 Å². The topological polar surface area (TPSA) is 235 Å². The highest BCUT2D eigenvalue weighted by Gasteiger charge is 2.32. The monoisotopic (exact) mass is 581 g/mol. The molecule has 14 heteroatoms. The molecule has 0 saturated carbocycles. The first-order valence-electron chi connectivity index (χ1n) is 13.1.